The Hall–Kier alpha value is -8.64. The highest BCUT2D eigenvalue weighted by Gasteiger charge is 2.46. The molecule has 10 rings (SSSR count). The highest BCUT2D eigenvalue weighted by atomic mass is 16.2. The van der Waals surface area contributed by atoms with E-state index in [0.29, 0.717) is 32.2 Å². The number of para-hydroxylation sites is 4. The Balaban J connectivity index is 1.30. The molecule has 0 radical (unpaired) electrons. The molecular formula is C48H30N6O6. The lowest BCUT2D eigenvalue weighted by molar-refractivity contribution is -0.120. The van der Waals surface area contributed by atoms with E-state index in [1.165, 1.54) is 0 Å². The van der Waals surface area contributed by atoms with E-state index in [2.05, 4.69) is 9.97 Å². The van der Waals surface area contributed by atoms with Gasteiger partial charge in [0.25, 0.3) is 23.6 Å². The van der Waals surface area contributed by atoms with E-state index in [4.69, 9.17) is 0 Å². The zero-order chi connectivity index (χ0) is 41.1. The third-order valence-electron chi connectivity index (χ3n) is 10.7. The molecule has 60 heavy (non-hydrogen) atoms. The average Bonchev–Trinajstić information content (AvgIpc) is 3.84. The SMILES string of the molecule is O=C1C(=c2[nH]c(=c3[nH]c(=C4C(=O)N(c5ccccc5)C(=O)N(c5ccccc5)C4=O)c4ccccc34)c3ccccc23)C(=O)N(c2ccccc2)C(=O)N1c1ccccc1. The van der Waals surface area contributed by atoms with E-state index in [9.17, 15) is 28.8 Å². The number of benzene rings is 6. The predicted octanol–water partition coefficient (Wildman–Crippen LogP) is 6.64. The summed E-state index contributed by atoms with van der Waals surface area (Å²) in [4.78, 5) is 97.3. The molecule has 8 amide bonds. The van der Waals surface area contributed by atoms with E-state index >= 15 is 0 Å². The summed E-state index contributed by atoms with van der Waals surface area (Å²) >= 11 is 0. The third-order valence-corrected chi connectivity index (χ3v) is 10.7. The highest BCUT2D eigenvalue weighted by molar-refractivity contribution is 6.58. The minimum absolute atomic E-state index is 0.166. The number of aromatic amines is 2. The van der Waals surface area contributed by atoms with Crippen molar-refractivity contribution in [1.29, 1.82) is 0 Å². The van der Waals surface area contributed by atoms with Gasteiger partial charge in [-0.1, -0.05) is 121 Å². The van der Waals surface area contributed by atoms with Gasteiger partial charge >= 0.3 is 12.1 Å². The largest absolute Gasteiger partial charge is 0.352 e. The van der Waals surface area contributed by atoms with Crippen molar-refractivity contribution in [3.05, 3.63) is 191 Å². The van der Waals surface area contributed by atoms with E-state index in [0.717, 1.165) is 19.6 Å². The topological polar surface area (TPSA) is 147 Å². The summed E-state index contributed by atoms with van der Waals surface area (Å²) in [7, 11) is 0. The van der Waals surface area contributed by atoms with Gasteiger partial charge < -0.3 is 9.97 Å². The Kier molecular flexibility index (Phi) is 8.39. The predicted molar refractivity (Wildman–Crippen MR) is 227 cm³/mol. The summed E-state index contributed by atoms with van der Waals surface area (Å²) in [5.74, 6) is -3.28. The van der Waals surface area contributed by atoms with E-state index in [1.54, 1.807) is 146 Å². The molecule has 2 fully saturated rings. The maximum atomic E-state index is 14.6. The first-order valence-electron chi connectivity index (χ1n) is 19.0. The number of hydrogen-bond acceptors (Lipinski definition) is 6. The Morgan fingerprint density at radius 2 is 0.483 bits per heavy atom. The molecule has 0 unspecified atom stereocenters. The molecule has 2 aliphatic heterocycles. The number of fused-ring (bicyclic) bond motifs is 2. The lowest BCUT2D eigenvalue weighted by atomic mass is 10.1. The molecule has 12 nitrogen and oxygen atoms in total. The van der Waals surface area contributed by atoms with Crippen LogP contribution in [0.5, 0.6) is 0 Å². The van der Waals surface area contributed by atoms with Crippen LogP contribution < -0.4 is 30.3 Å². The molecule has 2 saturated heterocycles. The van der Waals surface area contributed by atoms with Crippen LogP contribution in [0.1, 0.15) is 0 Å². The summed E-state index contributed by atoms with van der Waals surface area (Å²) in [6.07, 6.45) is 0. The third kappa shape index (κ3) is 5.46. The van der Waals surface area contributed by atoms with Gasteiger partial charge in [-0.2, -0.15) is 0 Å². The first kappa shape index (κ1) is 35.8. The minimum atomic E-state index is -0.825. The number of hydrogen-bond donors (Lipinski definition) is 2. The minimum Gasteiger partial charge on any atom is -0.352 e. The van der Waals surface area contributed by atoms with Crippen molar-refractivity contribution in [2.75, 3.05) is 19.6 Å². The van der Waals surface area contributed by atoms with Crippen molar-refractivity contribution in [2.24, 2.45) is 0 Å². The Morgan fingerprint density at radius 3 is 0.733 bits per heavy atom. The van der Waals surface area contributed by atoms with Gasteiger partial charge in [0.1, 0.15) is 11.1 Å². The number of carbonyl (C=O) groups excluding carboxylic acids is 6. The average molecular weight is 787 g/mol. The molecule has 0 spiro atoms. The van der Waals surface area contributed by atoms with Gasteiger partial charge in [0, 0.05) is 21.5 Å². The Labute approximate surface area is 339 Å². The van der Waals surface area contributed by atoms with Crippen LogP contribution >= 0.6 is 0 Å². The molecule has 0 aliphatic carbocycles. The summed E-state index contributed by atoms with van der Waals surface area (Å²) in [5.41, 5.74) is 0.565. The lowest BCUT2D eigenvalue weighted by Gasteiger charge is -2.33. The van der Waals surface area contributed by atoms with Gasteiger partial charge in [-0.05, 0) is 48.5 Å². The second-order valence-corrected chi connectivity index (χ2v) is 14.1. The molecule has 2 aliphatic rings. The standard InChI is InChI=1S/C48H30N6O6/c55-43-37(44(56)52(30-19-7-2-8-20-30)47(59)51(43)29-17-5-1-6-18-29)39-33-25-13-15-27-35(33)41(49-39)42-36-28-16-14-26-34(36)40(50-42)38-45(57)53(31-21-9-3-10-22-31)48(60)54(46(38)58)32-23-11-4-12-24-32/h1-28,49-50H. The van der Waals surface area contributed by atoms with Gasteiger partial charge in [0.05, 0.1) is 44.1 Å². The van der Waals surface area contributed by atoms with Crippen LogP contribution in [0.15, 0.2) is 170 Å². The number of carbonyl (C=O) groups is 6. The van der Waals surface area contributed by atoms with Gasteiger partial charge in [-0.15, -0.1) is 0 Å². The summed E-state index contributed by atoms with van der Waals surface area (Å²) in [6.45, 7) is 0. The van der Waals surface area contributed by atoms with Crippen molar-refractivity contribution in [3.8, 4) is 0 Å². The van der Waals surface area contributed by atoms with E-state index in [1.807, 2.05) is 24.3 Å². The fourth-order valence-corrected chi connectivity index (χ4v) is 7.97. The highest BCUT2D eigenvalue weighted by Crippen LogP contribution is 2.31. The van der Waals surface area contributed by atoms with E-state index in [-0.39, 0.29) is 44.6 Å². The summed E-state index contributed by atoms with van der Waals surface area (Å²) in [6, 6.07) is 46.3. The number of imide groups is 4. The molecule has 2 N–H and O–H groups in total. The number of anilines is 4. The molecule has 288 valence electrons. The van der Waals surface area contributed by atoms with Crippen LogP contribution in [0.25, 0.3) is 32.7 Å². The summed E-state index contributed by atoms with van der Waals surface area (Å²) in [5, 5.41) is 3.44. The van der Waals surface area contributed by atoms with Crippen LogP contribution in [-0.4, -0.2) is 45.7 Å². The Morgan fingerprint density at radius 1 is 0.267 bits per heavy atom. The van der Waals surface area contributed by atoms with Gasteiger partial charge in [0.2, 0.25) is 0 Å². The molecule has 0 saturated carbocycles. The number of aromatic nitrogens is 2. The molecule has 8 aromatic rings. The van der Waals surface area contributed by atoms with Crippen LogP contribution in [-0.2, 0) is 19.2 Å². The first-order valence-corrected chi connectivity index (χ1v) is 19.0. The van der Waals surface area contributed by atoms with E-state index < -0.39 is 35.7 Å². The second kappa shape index (κ2) is 14.1. The van der Waals surface area contributed by atoms with Gasteiger partial charge in [-0.3, -0.25) is 19.2 Å². The number of urea groups is 2. The van der Waals surface area contributed by atoms with Crippen LogP contribution in [0, 0.1) is 10.7 Å². The molecule has 4 heterocycles. The molecular weight excluding hydrogens is 757 g/mol. The molecule has 2 aromatic heterocycles. The number of rotatable bonds is 4. The number of nitrogens with zero attached hydrogens (tertiary/aromatic N) is 4. The van der Waals surface area contributed by atoms with Crippen LogP contribution in [0.3, 0.4) is 0 Å². The second-order valence-electron chi connectivity index (χ2n) is 14.1. The molecule has 6 aromatic carbocycles. The number of amides is 8. The maximum Gasteiger partial charge on any atom is 0.343 e. The lowest BCUT2D eigenvalue weighted by Crippen LogP contribution is -2.58. The maximum absolute atomic E-state index is 14.6. The van der Waals surface area contributed by atoms with Crippen LogP contribution in [0.2, 0.25) is 0 Å². The first-order chi connectivity index (χ1) is 29.3. The van der Waals surface area contributed by atoms with Crippen molar-refractivity contribution < 1.29 is 28.8 Å². The Bertz CT molecular complexity index is 3000. The molecule has 0 bridgehead atoms. The van der Waals surface area contributed by atoms with Crippen LogP contribution in [0.4, 0.5) is 32.3 Å². The zero-order valence-corrected chi connectivity index (χ0v) is 31.4. The monoisotopic (exact) mass is 786 g/mol. The van der Waals surface area contributed by atoms with Crippen molar-refractivity contribution in [1.82, 2.24) is 9.97 Å². The quantitative estimate of drug-likeness (QED) is 0.205. The number of barbiturate groups is 2. The zero-order valence-electron chi connectivity index (χ0n) is 31.4. The smallest absolute Gasteiger partial charge is 0.343 e. The van der Waals surface area contributed by atoms with Gasteiger partial charge in [-0.25, -0.2) is 29.2 Å². The molecule has 0 atom stereocenters. The van der Waals surface area contributed by atoms with Crippen molar-refractivity contribution in [2.45, 2.75) is 0 Å². The summed E-state index contributed by atoms with van der Waals surface area (Å²) < 4.78 is 0. The molecule has 12 heteroatoms. The number of nitrogens with one attached hydrogen (secondary N) is 2. The number of H-pyrrole nitrogens is 2. The fraction of sp³-hybridized carbons (Fsp3) is 0. The fourth-order valence-electron chi connectivity index (χ4n) is 7.97. The van der Waals surface area contributed by atoms with Crippen molar-refractivity contribution >= 4 is 91.1 Å². The normalized spacial score (nSPS) is 15.6. The van der Waals surface area contributed by atoms with Gasteiger partial charge in [0.15, 0.2) is 0 Å². The van der Waals surface area contributed by atoms with Crippen molar-refractivity contribution in [3.63, 3.8) is 0 Å².